The van der Waals surface area contributed by atoms with Gasteiger partial charge < -0.3 is 10.6 Å². The van der Waals surface area contributed by atoms with E-state index in [1.54, 1.807) is 31.2 Å². The number of anilines is 2. The predicted octanol–water partition coefficient (Wildman–Crippen LogP) is 3.80. The molecule has 3 aromatic rings. The van der Waals surface area contributed by atoms with Crippen molar-refractivity contribution in [1.29, 1.82) is 0 Å². The number of aryl methyl sites for hydroxylation is 2. The summed E-state index contributed by atoms with van der Waals surface area (Å²) < 4.78 is 14.5. The highest BCUT2D eigenvalue weighted by molar-refractivity contribution is 6.07. The molecule has 0 radical (unpaired) electrons. The fraction of sp³-hybridized carbons (Fsp3) is 0.136. The van der Waals surface area contributed by atoms with E-state index in [1.807, 2.05) is 6.92 Å². The van der Waals surface area contributed by atoms with E-state index in [1.165, 1.54) is 42.0 Å². The standard InChI is InChI=1S/C22H20FN3O3/c1-13-4-9-18(24-15(3)27)19(12-13)25-21(28)20-14(2)10-11-26(22(20)29)17-7-5-16(23)6-8-17/h4-12H,1-3H3,(H,24,27)(H,25,28). The maximum Gasteiger partial charge on any atom is 0.268 e. The Hall–Kier alpha value is -3.74. The molecule has 0 spiro atoms. The van der Waals surface area contributed by atoms with Crippen LogP contribution in [0, 0.1) is 19.7 Å². The predicted molar refractivity (Wildman–Crippen MR) is 110 cm³/mol. The molecule has 1 aromatic heterocycles. The van der Waals surface area contributed by atoms with Crippen LogP contribution in [0.15, 0.2) is 59.5 Å². The number of benzene rings is 2. The molecule has 0 aliphatic rings. The van der Waals surface area contributed by atoms with Crippen molar-refractivity contribution >= 4 is 23.2 Å². The molecule has 0 saturated heterocycles. The fourth-order valence-electron chi connectivity index (χ4n) is 2.95. The molecule has 0 fully saturated rings. The zero-order valence-corrected chi connectivity index (χ0v) is 16.2. The number of aromatic nitrogens is 1. The molecule has 0 aliphatic heterocycles. The lowest BCUT2D eigenvalue weighted by molar-refractivity contribution is -0.114. The van der Waals surface area contributed by atoms with E-state index >= 15 is 0 Å². The smallest absolute Gasteiger partial charge is 0.268 e. The van der Waals surface area contributed by atoms with Crippen LogP contribution in [0.1, 0.15) is 28.4 Å². The van der Waals surface area contributed by atoms with Crippen LogP contribution in [0.5, 0.6) is 0 Å². The van der Waals surface area contributed by atoms with Crippen molar-refractivity contribution in [1.82, 2.24) is 4.57 Å². The second kappa shape index (κ2) is 8.10. The first kappa shape index (κ1) is 20.0. The van der Waals surface area contributed by atoms with Gasteiger partial charge in [-0.05, 0) is 67.4 Å². The van der Waals surface area contributed by atoms with Gasteiger partial charge in [-0.25, -0.2) is 4.39 Å². The lowest BCUT2D eigenvalue weighted by atomic mass is 10.1. The number of hydrogen-bond donors (Lipinski definition) is 2. The summed E-state index contributed by atoms with van der Waals surface area (Å²) in [7, 11) is 0. The Morgan fingerprint density at radius 1 is 0.931 bits per heavy atom. The summed E-state index contributed by atoms with van der Waals surface area (Å²) in [6, 6.07) is 12.2. The van der Waals surface area contributed by atoms with Crippen molar-refractivity contribution in [3.8, 4) is 5.69 Å². The van der Waals surface area contributed by atoms with Crippen LogP contribution < -0.4 is 16.2 Å². The quantitative estimate of drug-likeness (QED) is 0.707. The topological polar surface area (TPSA) is 80.2 Å². The average molecular weight is 393 g/mol. The summed E-state index contributed by atoms with van der Waals surface area (Å²) in [5.41, 5.74) is 2.09. The monoisotopic (exact) mass is 393 g/mol. The van der Waals surface area contributed by atoms with Gasteiger partial charge in [0, 0.05) is 18.8 Å². The molecule has 7 heteroatoms. The van der Waals surface area contributed by atoms with E-state index < -0.39 is 17.3 Å². The first-order valence-electron chi connectivity index (χ1n) is 8.94. The molecular formula is C22H20FN3O3. The van der Waals surface area contributed by atoms with E-state index in [-0.39, 0.29) is 11.5 Å². The number of rotatable bonds is 4. The van der Waals surface area contributed by atoms with E-state index in [9.17, 15) is 18.8 Å². The molecule has 1 heterocycles. The molecule has 2 N–H and O–H groups in total. The van der Waals surface area contributed by atoms with Crippen LogP contribution in [0.4, 0.5) is 15.8 Å². The van der Waals surface area contributed by atoms with E-state index in [0.29, 0.717) is 22.6 Å². The van der Waals surface area contributed by atoms with Gasteiger partial charge in [-0.2, -0.15) is 0 Å². The number of amides is 2. The van der Waals surface area contributed by atoms with Gasteiger partial charge in [-0.1, -0.05) is 6.07 Å². The largest absolute Gasteiger partial charge is 0.325 e. The van der Waals surface area contributed by atoms with Crippen molar-refractivity contribution in [2.75, 3.05) is 10.6 Å². The van der Waals surface area contributed by atoms with Crippen LogP contribution in [0.2, 0.25) is 0 Å². The molecule has 0 unspecified atom stereocenters. The Morgan fingerprint density at radius 3 is 2.28 bits per heavy atom. The molecule has 29 heavy (non-hydrogen) atoms. The van der Waals surface area contributed by atoms with Gasteiger partial charge in [-0.3, -0.25) is 19.0 Å². The van der Waals surface area contributed by atoms with Crippen LogP contribution in [0.3, 0.4) is 0 Å². The maximum absolute atomic E-state index is 13.2. The molecule has 3 rings (SSSR count). The van der Waals surface area contributed by atoms with Gasteiger partial charge in [-0.15, -0.1) is 0 Å². The Bertz CT molecular complexity index is 1150. The minimum absolute atomic E-state index is 0.0351. The van der Waals surface area contributed by atoms with Crippen molar-refractivity contribution in [2.45, 2.75) is 20.8 Å². The second-order valence-corrected chi connectivity index (χ2v) is 6.71. The third kappa shape index (κ3) is 4.40. The van der Waals surface area contributed by atoms with Crippen molar-refractivity contribution < 1.29 is 14.0 Å². The molecule has 148 valence electrons. The van der Waals surface area contributed by atoms with Crippen molar-refractivity contribution in [3.63, 3.8) is 0 Å². The number of carbonyl (C=O) groups is 2. The van der Waals surface area contributed by atoms with Crippen molar-refractivity contribution in [3.05, 3.63) is 87.6 Å². The highest BCUT2D eigenvalue weighted by atomic mass is 19.1. The zero-order chi connectivity index (χ0) is 21.1. The summed E-state index contributed by atoms with van der Waals surface area (Å²) in [6.07, 6.45) is 1.54. The molecule has 0 saturated carbocycles. The molecule has 0 aliphatic carbocycles. The fourth-order valence-corrected chi connectivity index (χ4v) is 2.95. The summed E-state index contributed by atoms with van der Waals surface area (Å²) in [5, 5.41) is 5.37. The normalized spacial score (nSPS) is 10.5. The SMILES string of the molecule is CC(=O)Nc1ccc(C)cc1NC(=O)c1c(C)ccn(-c2ccc(F)cc2)c1=O. The second-order valence-electron chi connectivity index (χ2n) is 6.71. The Kier molecular flexibility index (Phi) is 5.59. The molecule has 2 amide bonds. The van der Waals surface area contributed by atoms with Gasteiger partial charge in [0.15, 0.2) is 0 Å². The Balaban J connectivity index is 2.01. The summed E-state index contributed by atoms with van der Waals surface area (Å²) >= 11 is 0. The maximum atomic E-state index is 13.2. The van der Waals surface area contributed by atoms with E-state index in [2.05, 4.69) is 10.6 Å². The van der Waals surface area contributed by atoms with Gasteiger partial charge in [0.1, 0.15) is 11.4 Å². The Morgan fingerprint density at radius 2 is 1.62 bits per heavy atom. The number of nitrogens with one attached hydrogen (secondary N) is 2. The van der Waals surface area contributed by atoms with Crippen molar-refractivity contribution in [2.24, 2.45) is 0 Å². The lowest BCUT2D eigenvalue weighted by Crippen LogP contribution is -2.29. The third-order valence-electron chi connectivity index (χ3n) is 4.37. The van der Waals surface area contributed by atoms with Gasteiger partial charge >= 0.3 is 0 Å². The zero-order valence-electron chi connectivity index (χ0n) is 16.2. The first-order chi connectivity index (χ1) is 13.8. The van der Waals surface area contributed by atoms with Gasteiger partial charge in [0.05, 0.1) is 11.4 Å². The summed E-state index contributed by atoms with van der Waals surface area (Å²) in [5.74, 6) is -1.29. The molecular weight excluding hydrogens is 373 g/mol. The first-order valence-corrected chi connectivity index (χ1v) is 8.94. The number of halogens is 1. The number of nitrogens with zero attached hydrogens (tertiary/aromatic N) is 1. The molecule has 6 nitrogen and oxygen atoms in total. The average Bonchev–Trinajstić information content (AvgIpc) is 2.65. The van der Waals surface area contributed by atoms with Crippen LogP contribution in [-0.2, 0) is 4.79 Å². The molecule has 0 bridgehead atoms. The summed E-state index contributed by atoms with van der Waals surface area (Å²) in [4.78, 5) is 37.4. The number of carbonyl (C=O) groups excluding carboxylic acids is 2. The molecule has 0 atom stereocenters. The minimum atomic E-state index is -0.596. The van der Waals surface area contributed by atoms with Crippen LogP contribution >= 0.6 is 0 Å². The number of pyridine rings is 1. The van der Waals surface area contributed by atoms with E-state index in [4.69, 9.17) is 0 Å². The molecule has 2 aromatic carbocycles. The van der Waals surface area contributed by atoms with Gasteiger partial charge in [0.25, 0.3) is 11.5 Å². The third-order valence-corrected chi connectivity index (χ3v) is 4.37. The summed E-state index contributed by atoms with van der Waals surface area (Å²) in [6.45, 7) is 4.88. The highest BCUT2D eigenvalue weighted by Crippen LogP contribution is 2.24. The Labute approximate surface area is 167 Å². The highest BCUT2D eigenvalue weighted by Gasteiger charge is 2.18. The van der Waals surface area contributed by atoms with Crippen LogP contribution in [-0.4, -0.2) is 16.4 Å². The van der Waals surface area contributed by atoms with Crippen LogP contribution in [0.25, 0.3) is 5.69 Å². The van der Waals surface area contributed by atoms with E-state index in [0.717, 1.165) is 5.56 Å². The van der Waals surface area contributed by atoms with Gasteiger partial charge in [0.2, 0.25) is 5.91 Å². The number of hydrogen-bond acceptors (Lipinski definition) is 3. The lowest BCUT2D eigenvalue weighted by Gasteiger charge is -2.14. The minimum Gasteiger partial charge on any atom is -0.325 e.